The van der Waals surface area contributed by atoms with Crippen LogP contribution in [-0.4, -0.2) is 39.8 Å². The number of esters is 2. The van der Waals surface area contributed by atoms with E-state index in [4.69, 9.17) is 5.73 Å². The van der Waals surface area contributed by atoms with Crippen LogP contribution in [0.5, 0.6) is 0 Å². The zero-order valence-electron chi connectivity index (χ0n) is 10.8. The fourth-order valence-corrected chi connectivity index (χ4v) is 2.54. The molecule has 0 bridgehead atoms. The molecule has 100 valence electrons. The third-order valence-electron chi connectivity index (χ3n) is 2.51. The van der Waals surface area contributed by atoms with E-state index in [2.05, 4.69) is 9.47 Å². The fourth-order valence-electron chi connectivity index (χ4n) is 1.39. The Morgan fingerprint density at radius 2 is 1.83 bits per heavy atom. The molecule has 2 N–H and O–H groups in total. The number of hydrogen-bond donors (Lipinski definition) is 1. The largest absolute Gasteiger partial charge is 0.465 e. The van der Waals surface area contributed by atoms with Crippen LogP contribution in [0, 0.1) is 0 Å². The van der Waals surface area contributed by atoms with Gasteiger partial charge in [-0.3, -0.25) is 0 Å². The Morgan fingerprint density at radius 1 is 1.28 bits per heavy atom. The van der Waals surface area contributed by atoms with E-state index in [1.807, 2.05) is 11.8 Å². The van der Waals surface area contributed by atoms with Crippen molar-refractivity contribution in [3.05, 3.63) is 10.4 Å². The fraction of sp³-hybridized carbons (Fsp3) is 0.455. The number of hydrogen-bond acceptors (Lipinski definition) is 7. The van der Waals surface area contributed by atoms with Crippen LogP contribution in [0.1, 0.15) is 27.0 Å². The van der Waals surface area contributed by atoms with Crippen LogP contribution in [0.3, 0.4) is 0 Å². The molecule has 0 saturated carbocycles. The van der Waals surface area contributed by atoms with Crippen molar-refractivity contribution in [1.82, 2.24) is 0 Å². The second-order valence-corrected chi connectivity index (χ2v) is 4.52. The molecule has 0 aliphatic heterocycles. The molecule has 6 nitrogen and oxygen atoms in total. The predicted molar refractivity (Wildman–Crippen MR) is 70.4 cm³/mol. The first kappa shape index (κ1) is 14.3. The van der Waals surface area contributed by atoms with E-state index in [0.717, 1.165) is 11.3 Å². The number of thiophene rings is 1. The molecule has 1 aromatic rings. The van der Waals surface area contributed by atoms with Crippen LogP contribution < -0.4 is 10.6 Å². The maximum absolute atomic E-state index is 11.7. The van der Waals surface area contributed by atoms with Gasteiger partial charge in [-0.1, -0.05) is 0 Å². The van der Waals surface area contributed by atoms with Gasteiger partial charge in [0.1, 0.15) is 15.4 Å². The van der Waals surface area contributed by atoms with Crippen molar-refractivity contribution in [3.8, 4) is 0 Å². The van der Waals surface area contributed by atoms with Crippen LogP contribution >= 0.6 is 11.3 Å². The van der Waals surface area contributed by atoms with Gasteiger partial charge in [0.25, 0.3) is 0 Å². The summed E-state index contributed by atoms with van der Waals surface area (Å²) >= 11 is 1.12. The Kier molecular flexibility index (Phi) is 4.55. The molecule has 7 heteroatoms. The zero-order chi connectivity index (χ0) is 13.9. The van der Waals surface area contributed by atoms with Crippen molar-refractivity contribution < 1.29 is 19.1 Å². The summed E-state index contributed by atoms with van der Waals surface area (Å²) in [6.07, 6.45) is 0. The zero-order valence-corrected chi connectivity index (χ0v) is 11.6. The number of carbonyl (C=O) groups excluding carboxylic acids is 2. The molecule has 0 saturated heterocycles. The molecule has 0 fully saturated rings. The second-order valence-electron chi connectivity index (χ2n) is 3.52. The van der Waals surface area contributed by atoms with Crippen LogP contribution in [0.15, 0.2) is 0 Å². The van der Waals surface area contributed by atoms with Crippen LogP contribution in [0.25, 0.3) is 0 Å². The molecular formula is C11H16N2O4S. The first-order valence-electron chi connectivity index (χ1n) is 5.27. The number of nitrogens with zero attached hydrogens (tertiary/aromatic N) is 1. The monoisotopic (exact) mass is 272 g/mol. The molecule has 18 heavy (non-hydrogen) atoms. The smallest absolute Gasteiger partial charge is 0.350 e. The lowest BCUT2D eigenvalue weighted by Gasteiger charge is -2.15. The van der Waals surface area contributed by atoms with Crippen molar-refractivity contribution >= 4 is 34.0 Å². The van der Waals surface area contributed by atoms with Gasteiger partial charge in [-0.15, -0.1) is 11.3 Å². The van der Waals surface area contributed by atoms with Gasteiger partial charge in [0, 0.05) is 13.6 Å². The van der Waals surface area contributed by atoms with Crippen LogP contribution in [0.2, 0.25) is 0 Å². The van der Waals surface area contributed by atoms with Gasteiger partial charge in [0.2, 0.25) is 0 Å². The normalized spacial score (nSPS) is 10.0. The third-order valence-corrected chi connectivity index (χ3v) is 3.81. The number of nitrogen functional groups attached to an aromatic ring is 1. The Hall–Kier alpha value is -1.76. The van der Waals surface area contributed by atoms with Crippen LogP contribution in [-0.2, 0) is 9.47 Å². The van der Waals surface area contributed by atoms with Gasteiger partial charge in [0.05, 0.1) is 19.9 Å². The Morgan fingerprint density at radius 3 is 2.28 bits per heavy atom. The molecule has 0 aliphatic rings. The minimum atomic E-state index is -0.561. The van der Waals surface area contributed by atoms with Gasteiger partial charge in [-0.05, 0) is 6.92 Å². The summed E-state index contributed by atoms with van der Waals surface area (Å²) in [6.45, 7) is 2.60. The van der Waals surface area contributed by atoms with E-state index in [1.165, 1.54) is 14.2 Å². The maximum Gasteiger partial charge on any atom is 0.350 e. The lowest BCUT2D eigenvalue weighted by molar-refractivity contribution is 0.0602. The van der Waals surface area contributed by atoms with E-state index in [-0.39, 0.29) is 16.1 Å². The topological polar surface area (TPSA) is 81.9 Å². The predicted octanol–water partition coefficient (Wildman–Crippen LogP) is 1.36. The number of methoxy groups -OCH3 is 2. The molecule has 0 radical (unpaired) electrons. The lowest BCUT2D eigenvalue weighted by atomic mass is 10.2. The summed E-state index contributed by atoms with van der Waals surface area (Å²) in [4.78, 5) is 25.3. The molecule has 1 aromatic heterocycles. The number of ether oxygens (including phenoxy) is 2. The standard InChI is InChI=1S/C11H16N2O4S/c1-5-13(2)9-6(10(14)16-3)7(12)8(18-9)11(15)17-4/h5,12H2,1-4H3. The molecule has 1 rings (SSSR count). The van der Waals surface area contributed by atoms with Crippen molar-refractivity contribution in [2.24, 2.45) is 0 Å². The summed E-state index contributed by atoms with van der Waals surface area (Å²) in [5.41, 5.74) is 6.15. The lowest BCUT2D eigenvalue weighted by Crippen LogP contribution is -2.18. The van der Waals surface area contributed by atoms with Crippen LogP contribution in [0.4, 0.5) is 10.7 Å². The summed E-state index contributed by atoms with van der Waals surface area (Å²) < 4.78 is 9.32. The Balaban J connectivity index is 3.40. The summed E-state index contributed by atoms with van der Waals surface area (Å²) in [5, 5.41) is 0.599. The summed E-state index contributed by atoms with van der Waals surface area (Å²) in [6, 6.07) is 0. The van der Waals surface area contributed by atoms with E-state index in [0.29, 0.717) is 11.5 Å². The van der Waals surface area contributed by atoms with Gasteiger partial charge in [-0.2, -0.15) is 0 Å². The number of anilines is 2. The highest BCUT2D eigenvalue weighted by Crippen LogP contribution is 2.38. The quantitative estimate of drug-likeness (QED) is 0.833. The summed E-state index contributed by atoms with van der Waals surface area (Å²) in [7, 11) is 4.34. The first-order valence-corrected chi connectivity index (χ1v) is 6.09. The molecule has 0 aromatic carbocycles. The highest BCUT2D eigenvalue weighted by atomic mass is 32.1. The van der Waals surface area contributed by atoms with Gasteiger partial charge >= 0.3 is 11.9 Å². The number of carbonyl (C=O) groups is 2. The average molecular weight is 272 g/mol. The maximum atomic E-state index is 11.7. The van der Waals surface area contributed by atoms with Crippen molar-refractivity contribution in [1.29, 1.82) is 0 Å². The Bertz CT molecular complexity index is 470. The van der Waals surface area contributed by atoms with Gasteiger partial charge < -0.3 is 20.1 Å². The minimum Gasteiger partial charge on any atom is -0.465 e. The Labute approximate surface area is 109 Å². The summed E-state index contributed by atoms with van der Waals surface area (Å²) in [5.74, 6) is -1.12. The van der Waals surface area contributed by atoms with Crippen molar-refractivity contribution in [2.75, 3.05) is 38.4 Å². The van der Waals surface area contributed by atoms with E-state index in [9.17, 15) is 9.59 Å². The highest BCUT2D eigenvalue weighted by Gasteiger charge is 2.28. The minimum absolute atomic E-state index is 0.106. The first-order chi connectivity index (χ1) is 8.47. The van der Waals surface area contributed by atoms with E-state index >= 15 is 0 Å². The van der Waals surface area contributed by atoms with E-state index in [1.54, 1.807) is 7.05 Å². The highest BCUT2D eigenvalue weighted by molar-refractivity contribution is 7.19. The molecule has 1 heterocycles. The van der Waals surface area contributed by atoms with Crippen molar-refractivity contribution in [2.45, 2.75) is 6.92 Å². The molecule has 0 amide bonds. The third kappa shape index (κ3) is 2.40. The second kappa shape index (κ2) is 5.72. The van der Waals surface area contributed by atoms with Crippen molar-refractivity contribution in [3.63, 3.8) is 0 Å². The molecule has 0 unspecified atom stereocenters. The number of rotatable bonds is 4. The number of nitrogens with two attached hydrogens (primary N) is 1. The molecular weight excluding hydrogens is 256 g/mol. The van der Waals surface area contributed by atoms with E-state index < -0.39 is 11.9 Å². The molecule has 0 spiro atoms. The SMILES string of the molecule is CCN(C)c1sc(C(=O)OC)c(N)c1C(=O)OC. The molecule has 0 aliphatic carbocycles. The average Bonchev–Trinajstić information content (AvgIpc) is 2.73. The molecule has 0 atom stereocenters. The van der Waals surface area contributed by atoms with Gasteiger partial charge in [0.15, 0.2) is 0 Å². The van der Waals surface area contributed by atoms with Gasteiger partial charge in [-0.25, -0.2) is 9.59 Å².